The van der Waals surface area contributed by atoms with Crippen LogP contribution in [-0.2, 0) is 19.6 Å². The summed E-state index contributed by atoms with van der Waals surface area (Å²) in [4.78, 5) is 12.1. The Bertz CT molecular complexity index is 962. The molecule has 0 saturated carbocycles. The lowest BCUT2D eigenvalue weighted by molar-refractivity contribution is -0.135. The number of hydrogen-bond donors (Lipinski definition) is 1. The summed E-state index contributed by atoms with van der Waals surface area (Å²) in [5, 5.41) is 5.98. The Kier molecular flexibility index (Phi) is 4.88. The molecule has 3 rings (SSSR count). The van der Waals surface area contributed by atoms with Gasteiger partial charge < -0.3 is 4.74 Å². The molecular weight excluding hydrogens is 385 g/mol. The average Bonchev–Trinajstić information content (AvgIpc) is 2.92. The number of benzene rings is 2. The number of nitrogens with two attached hydrogens (primary N) is 1. The van der Waals surface area contributed by atoms with Crippen LogP contribution >= 0.6 is 23.2 Å². The molecule has 130 valence electrons. The van der Waals surface area contributed by atoms with E-state index in [2.05, 4.69) is 0 Å². The minimum Gasteiger partial charge on any atom is -0.462 e. The Balaban J connectivity index is 2.21. The molecule has 0 bridgehead atoms. The zero-order chi connectivity index (χ0) is 18.2. The number of halogens is 2. The summed E-state index contributed by atoms with van der Waals surface area (Å²) in [5.41, 5.74) is 2.38. The van der Waals surface area contributed by atoms with Crippen molar-refractivity contribution >= 4 is 44.8 Å². The van der Waals surface area contributed by atoms with E-state index in [1.807, 2.05) is 0 Å². The first-order chi connectivity index (χ1) is 11.8. The Morgan fingerprint density at radius 1 is 1.00 bits per heavy atom. The van der Waals surface area contributed by atoms with E-state index in [1.54, 1.807) is 30.3 Å². The van der Waals surface area contributed by atoms with E-state index in [-0.39, 0.29) is 4.90 Å². The van der Waals surface area contributed by atoms with Gasteiger partial charge >= 0.3 is 5.97 Å². The third kappa shape index (κ3) is 3.88. The molecule has 1 heterocycles. The van der Waals surface area contributed by atoms with Gasteiger partial charge in [-0.05, 0) is 47.0 Å². The molecule has 2 aromatic carbocycles. The summed E-state index contributed by atoms with van der Waals surface area (Å²) < 4.78 is 27.9. The molecule has 5 nitrogen and oxygen atoms in total. The van der Waals surface area contributed by atoms with Crippen molar-refractivity contribution < 1.29 is 17.9 Å². The predicted molar refractivity (Wildman–Crippen MR) is 95.9 cm³/mol. The monoisotopic (exact) mass is 397 g/mol. The van der Waals surface area contributed by atoms with Crippen molar-refractivity contribution in [3.8, 4) is 0 Å². The molecule has 0 aliphatic carbocycles. The SMILES string of the molecule is NS(=O)(=O)c1ccc(/C(=C2\CCOC2=O)c2cc(Cl)cc(Cl)c2)cc1. The number of rotatable bonds is 3. The Morgan fingerprint density at radius 3 is 2.08 bits per heavy atom. The van der Waals surface area contributed by atoms with Gasteiger partial charge in [0.15, 0.2) is 0 Å². The number of carbonyl (C=O) groups excluding carboxylic acids is 1. The Hall–Kier alpha value is -1.86. The largest absolute Gasteiger partial charge is 0.462 e. The minimum atomic E-state index is -3.80. The second-order valence-corrected chi connectivity index (χ2v) is 7.90. The molecule has 0 amide bonds. The highest BCUT2D eigenvalue weighted by atomic mass is 35.5. The summed E-state index contributed by atoms with van der Waals surface area (Å²) in [5.74, 6) is -0.415. The molecule has 8 heteroatoms. The van der Waals surface area contributed by atoms with Crippen LogP contribution in [0.5, 0.6) is 0 Å². The number of ether oxygens (including phenoxy) is 1. The molecule has 1 aliphatic rings. The fraction of sp³-hybridized carbons (Fsp3) is 0.118. The summed E-state index contributed by atoms with van der Waals surface area (Å²) in [6, 6.07) is 10.9. The lowest BCUT2D eigenvalue weighted by Gasteiger charge is -2.12. The van der Waals surface area contributed by atoms with Gasteiger partial charge in [-0.1, -0.05) is 35.3 Å². The first kappa shape index (κ1) is 17.9. The maximum atomic E-state index is 12.1. The molecule has 25 heavy (non-hydrogen) atoms. The third-order valence-corrected chi connectivity index (χ3v) is 5.12. The summed E-state index contributed by atoms with van der Waals surface area (Å²) >= 11 is 12.2. The maximum Gasteiger partial charge on any atom is 0.334 e. The van der Waals surface area contributed by atoms with Crippen molar-refractivity contribution in [3.63, 3.8) is 0 Å². The maximum absolute atomic E-state index is 12.1. The highest BCUT2D eigenvalue weighted by Gasteiger charge is 2.25. The Morgan fingerprint density at radius 2 is 1.60 bits per heavy atom. The van der Waals surface area contributed by atoms with E-state index in [4.69, 9.17) is 33.1 Å². The first-order valence-corrected chi connectivity index (χ1v) is 9.56. The van der Waals surface area contributed by atoms with Crippen molar-refractivity contribution in [3.05, 3.63) is 69.2 Å². The molecule has 1 fully saturated rings. The van der Waals surface area contributed by atoms with Gasteiger partial charge in [-0.3, -0.25) is 0 Å². The molecule has 0 aromatic heterocycles. The van der Waals surface area contributed by atoms with Crippen LogP contribution < -0.4 is 5.14 Å². The van der Waals surface area contributed by atoms with E-state index in [0.29, 0.717) is 45.3 Å². The highest BCUT2D eigenvalue weighted by molar-refractivity contribution is 7.89. The molecule has 1 aliphatic heterocycles. The fourth-order valence-electron chi connectivity index (χ4n) is 2.69. The summed E-state index contributed by atoms with van der Waals surface area (Å²) in [7, 11) is -3.80. The topological polar surface area (TPSA) is 86.5 Å². The summed E-state index contributed by atoms with van der Waals surface area (Å²) in [6.07, 6.45) is 0.440. The third-order valence-electron chi connectivity index (χ3n) is 3.76. The van der Waals surface area contributed by atoms with Crippen LogP contribution in [0.3, 0.4) is 0 Å². The van der Waals surface area contributed by atoms with E-state index in [0.717, 1.165) is 0 Å². The Labute approximate surface area is 155 Å². The van der Waals surface area contributed by atoms with Crippen LogP contribution in [0, 0.1) is 0 Å². The quantitative estimate of drug-likeness (QED) is 0.634. The summed E-state index contributed by atoms with van der Waals surface area (Å²) in [6.45, 7) is 0.293. The van der Waals surface area contributed by atoms with Crippen molar-refractivity contribution in [2.24, 2.45) is 5.14 Å². The van der Waals surface area contributed by atoms with Crippen molar-refractivity contribution in [1.29, 1.82) is 0 Å². The van der Waals surface area contributed by atoms with Crippen molar-refractivity contribution in [1.82, 2.24) is 0 Å². The van der Waals surface area contributed by atoms with Crippen molar-refractivity contribution in [2.45, 2.75) is 11.3 Å². The standard InChI is InChI=1S/C17H13Cl2NO4S/c18-12-7-11(8-13(19)9-12)16(15-5-6-24-17(15)21)10-1-3-14(4-2-10)25(20,22)23/h1-4,7-9H,5-6H2,(H2,20,22,23)/b16-15-. The zero-order valence-electron chi connectivity index (χ0n) is 12.8. The minimum absolute atomic E-state index is 0.0151. The normalized spacial score (nSPS) is 16.7. The highest BCUT2D eigenvalue weighted by Crippen LogP contribution is 2.34. The number of carbonyl (C=O) groups is 1. The molecule has 2 N–H and O–H groups in total. The molecule has 0 radical (unpaired) electrons. The van der Waals surface area contributed by atoms with Gasteiger partial charge in [0.05, 0.1) is 11.5 Å². The predicted octanol–water partition coefficient (Wildman–Crippen LogP) is 3.39. The van der Waals surface area contributed by atoms with Gasteiger partial charge in [-0.25, -0.2) is 18.4 Å². The average molecular weight is 398 g/mol. The lowest BCUT2D eigenvalue weighted by Crippen LogP contribution is -2.12. The van der Waals surface area contributed by atoms with E-state index in [9.17, 15) is 13.2 Å². The zero-order valence-corrected chi connectivity index (χ0v) is 15.2. The van der Waals surface area contributed by atoms with Crippen LogP contribution in [-0.4, -0.2) is 21.0 Å². The molecule has 2 aromatic rings. The molecule has 0 atom stereocenters. The van der Waals surface area contributed by atoms with Gasteiger partial charge in [0, 0.05) is 22.0 Å². The van der Waals surface area contributed by atoms with Crippen molar-refractivity contribution in [2.75, 3.05) is 6.61 Å². The van der Waals surface area contributed by atoms with E-state index >= 15 is 0 Å². The van der Waals surface area contributed by atoms with Gasteiger partial charge in [0.1, 0.15) is 0 Å². The van der Waals surface area contributed by atoms with Crippen LogP contribution in [0.1, 0.15) is 17.5 Å². The molecule has 0 spiro atoms. The number of sulfonamides is 1. The van der Waals surface area contributed by atoms with Crippen LogP contribution in [0.25, 0.3) is 5.57 Å². The van der Waals surface area contributed by atoms with E-state index < -0.39 is 16.0 Å². The first-order valence-electron chi connectivity index (χ1n) is 7.26. The smallest absolute Gasteiger partial charge is 0.334 e. The lowest BCUT2D eigenvalue weighted by atomic mass is 9.92. The van der Waals surface area contributed by atoms with Gasteiger partial charge in [-0.2, -0.15) is 0 Å². The number of cyclic esters (lactones) is 1. The molecule has 1 saturated heterocycles. The molecule has 0 unspecified atom stereocenters. The number of esters is 1. The van der Waals surface area contributed by atoms with Crippen LogP contribution in [0.2, 0.25) is 10.0 Å². The van der Waals surface area contributed by atoms with Gasteiger partial charge in [-0.15, -0.1) is 0 Å². The number of primary sulfonamides is 1. The van der Waals surface area contributed by atoms with E-state index in [1.165, 1.54) is 12.1 Å². The van der Waals surface area contributed by atoms with Gasteiger partial charge in [0.2, 0.25) is 10.0 Å². The molecular formula is C17H13Cl2NO4S. The second kappa shape index (κ2) is 6.80. The van der Waals surface area contributed by atoms with Crippen LogP contribution in [0.4, 0.5) is 0 Å². The second-order valence-electron chi connectivity index (χ2n) is 5.47. The van der Waals surface area contributed by atoms with Crippen LogP contribution in [0.15, 0.2) is 52.9 Å². The number of hydrogen-bond acceptors (Lipinski definition) is 4. The van der Waals surface area contributed by atoms with Gasteiger partial charge in [0.25, 0.3) is 0 Å². The fourth-order valence-corrected chi connectivity index (χ4v) is 3.73.